The van der Waals surface area contributed by atoms with Crippen molar-refractivity contribution in [1.82, 2.24) is 14.8 Å². The minimum absolute atomic E-state index is 0.0813. The summed E-state index contributed by atoms with van der Waals surface area (Å²) in [7, 11) is 0. The van der Waals surface area contributed by atoms with Crippen molar-refractivity contribution >= 4 is 11.9 Å². The normalized spacial score (nSPS) is 22.3. The molecule has 1 aromatic rings. The summed E-state index contributed by atoms with van der Waals surface area (Å²) < 4.78 is 0. The van der Waals surface area contributed by atoms with E-state index in [1.807, 2.05) is 9.80 Å². The summed E-state index contributed by atoms with van der Waals surface area (Å²) in [6.45, 7) is 3.07. The zero-order valence-electron chi connectivity index (χ0n) is 16.7. The molecule has 2 saturated heterocycles. The van der Waals surface area contributed by atoms with Crippen molar-refractivity contribution in [3.63, 3.8) is 0 Å². The van der Waals surface area contributed by atoms with E-state index in [1.165, 1.54) is 24.1 Å². The zero-order chi connectivity index (χ0) is 19.6. The van der Waals surface area contributed by atoms with Crippen molar-refractivity contribution in [2.45, 2.75) is 57.8 Å². The van der Waals surface area contributed by atoms with E-state index < -0.39 is 5.97 Å². The van der Waals surface area contributed by atoms with E-state index in [2.05, 4.69) is 12.1 Å². The number of carbonyl (C=O) groups excluding carboxylic acids is 1. The Bertz CT molecular complexity index is 741. The lowest BCUT2D eigenvalue weighted by molar-refractivity contribution is -0.150. The Morgan fingerprint density at radius 3 is 2.64 bits per heavy atom. The predicted molar refractivity (Wildman–Crippen MR) is 106 cm³/mol. The van der Waals surface area contributed by atoms with E-state index in [-0.39, 0.29) is 17.9 Å². The van der Waals surface area contributed by atoms with Crippen molar-refractivity contribution in [2.75, 3.05) is 32.7 Å². The SMILES string of the molecule is O=C(O)CN1CCC2(CCCN(CCc3ccc4c(n3)CCCC4)C2=O)CC1. The Morgan fingerprint density at radius 2 is 1.86 bits per heavy atom. The fraction of sp³-hybridized carbons (Fsp3) is 0.682. The lowest BCUT2D eigenvalue weighted by atomic mass is 9.71. The first-order chi connectivity index (χ1) is 13.6. The fourth-order valence-electron chi connectivity index (χ4n) is 5.18. The molecule has 0 bridgehead atoms. The lowest BCUT2D eigenvalue weighted by Gasteiger charge is -2.46. The minimum Gasteiger partial charge on any atom is -0.480 e. The van der Waals surface area contributed by atoms with Gasteiger partial charge < -0.3 is 10.0 Å². The first-order valence-electron chi connectivity index (χ1n) is 10.8. The van der Waals surface area contributed by atoms with E-state index in [1.54, 1.807) is 0 Å². The number of carboxylic acids is 1. The van der Waals surface area contributed by atoms with Crippen molar-refractivity contribution in [1.29, 1.82) is 0 Å². The van der Waals surface area contributed by atoms with Crippen LogP contribution < -0.4 is 0 Å². The molecule has 0 unspecified atom stereocenters. The van der Waals surface area contributed by atoms with Crippen molar-refractivity contribution in [3.05, 3.63) is 29.1 Å². The van der Waals surface area contributed by atoms with Gasteiger partial charge in [0.15, 0.2) is 0 Å². The Hall–Kier alpha value is -1.95. The van der Waals surface area contributed by atoms with Gasteiger partial charge in [-0.2, -0.15) is 0 Å². The summed E-state index contributed by atoms with van der Waals surface area (Å²) >= 11 is 0. The average molecular weight is 386 g/mol. The lowest BCUT2D eigenvalue weighted by Crippen LogP contribution is -2.54. The summed E-state index contributed by atoms with van der Waals surface area (Å²) in [6, 6.07) is 4.37. The van der Waals surface area contributed by atoms with Gasteiger partial charge >= 0.3 is 5.97 Å². The third-order valence-electron chi connectivity index (χ3n) is 6.87. The molecule has 6 nitrogen and oxygen atoms in total. The van der Waals surface area contributed by atoms with E-state index in [9.17, 15) is 9.59 Å². The highest BCUT2D eigenvalue weighted by atomic mass is 16.4. The summed E-state index contributed by atoms with van der Waals surface area (Å²) in [6.07, 6.45) is 9.11. The van der Waals surface area contributed by atoms with Crippen LogP contribution in [-0.2, 0) is 28.9 Å². The van der Waals surface area contributed by atoms with Gasteiger partial charge in [0.1, 0.15) is 0 Å². The third-order valence-corrected chi connectivity index (χ3v) is 6.87. The van der Waals surface area contributed by atoms with E-state index in [0.29, 0.717) is 13.1 Å². The summed E-state index contributed by atoms with van der Waals surface area (Å²) in [5, 5.41) is 8.99. The molecular weight excluding hydrogens is 354 g/mol. The highest BCUT2D eigenvalue weighted by molar-refractivity contribution is 5.83. The van der Waals surface area contributed by atoms with Crippen LogP contribution in [0.3, 0.4) is 0 Å². The Kier molecular flexibility index (Phi) is 5.67. The number of carbonyl (C=O) groups is 2. The van der Waals surface area contributed by atoms with Crippen molar-refractivity contribution < 1.29 is 14.7 Å². The Labute approximate surface area is 166 Å². The quantitative estimate of drug-likeness (QED) is 0.842. The number of hydrogen-bond donors (Lipinski definition) is 1. The molecule has 4 rings (SSSR count). The molecule has 0 radical (unpaired) electrons. The molecule has 6 heteroatoms. The fourth-order valence-corrected chi connectivity index (χ4v) is 5.18. The highest BCUT2D eigenvalue weighted by Gasteiger charge is 2.45. The number of pyridine rings is 1. The summed E-state index contributed by atoms with van der Waals surface area (Å²) in [5.41, 5.74) is 3.49. The molecule has 3 aliphatic rings. The summed E-state index contributed by atoms with van der Waals surface area (Å²) in [5.74, 6) is -0.503. The molecule has 1 N–H and O–H groups in total. The monoisotopic (exact) mass is 385 g/mol. The van der Waals surface area contributed by atoms with Gasteiger partial charge in [-0.25, -0.2) is 0 Å². The largest absolute Gasteiger partial charge is 0.480 e. The maximum absolute atomic E-state index is 13.3. The predicted octanol–water partition coefficient (Wildman–Crippen LogP) is 2.29. The van der Waals surface area contributed by atoms with Gasteiger partial charge in [-0.3, -0.25) is 19.5 Å². The number of nitrogens with zero attached hydrogens (tertiary/aromatic N) is 3. The number of hydrogen-bond acceptors (Lipinski definition) is 4. The second kappa shape index (κ2) is 8.19. The number of carboxylic acid groups (broad SMARTS) is 1. The maximum Gasteiger partial charge on any atom is 0.317 e. The molecular formula is C22H31N3O3. The van der Waals surface area contributed by atoms with E-state index >= 15 is 0 Å². The second-order valence-corrected chi connectivity index (χ2v) is 8.71. The zero-order valence-corrected chi connectivity index (χ0v) is 16.7. The van der Waals surface area contributed by atoms with Crippen LogP contribution in [0.15, 0.2) is 12.1 Å². The molecule has 2 fully saturated rings. The van der Waals surface area contributed by atoms with Crippen LogP contribution in [-0.4, -0.2) is 64.5 Å². The van der Waals surface area contributed by atoms with Crippen LogP contribution in [0.1, 0.15) is 55.5 Å². The van der Waals surface area contributed by atoms with Gasteiger partial charge in [0.2, 0.25) is 5.91 Å². The second-order valence-electron chi connectivity index (χ2n) is 8.71. The molecule has 0 atom stereocenters. The first-order valence-corrected chi connectivity index (χ1v) is 10.8. The smallest absolute Gasteiger partial charge is 0.317 e. The molecule has 1 spiro atoms. The number of aryl methyl sites for hydroxylation is 2. The van der Waals surface area contributed by atoms with Crippen LogP contribution in [0, 0.1) is 5.41 Å². The van der Waals surface area contributed by atoms with Crippen LogP contribution in [0.25, 0.3) is 0 Å². The van der Waals surface area contributed by atoms with Gasteiger partial charge in [0, 0.05) is 30.9 Å². The van der Waals surface area contributed by atoms with Gasteiger partial charge in [-0.15, -0.1) is 0 Å². The molecule has 0 aromatic carbocycles. The Balaban J connectivity index is 1.35. The molecule has 1 aliphatic carbocycles. The number of aliphatic carboxylic acids is 1. The molecule has 0 saturated carbocycles. The van der Waals surface area contributed by atoms with Gasteiger partial charge in [-0.05, 0) is 76.1 Å². The maximum atomic E-state index is 13.3. The van der Waals surface area contributed by atoms with Gasteiger partial charge in [0.25, 0.3) is 0 Å². The first kappa shape index (κ1) is 19.4. The van der Waals surface area contributed by atoms with Crippen LogP contribution in [0.5, 0.6) is 0 Å². The van der Waals surface area contributed by atoms with E-state index in [0.717, 1.165) is 63.7 Å². The highest BCUT2D eigenvalue weighted by Crippen LogP contribution is 2.40. The van der Waals surface area contributed by atoms with Crippen LogP contribution in [0.4, 0.5) is 0 Å². The number of aromatic nitrogens is 1. The number of rotatable bonds is 5. The number of likely N-dealkylation sites (tertiary alicyclic amines) is 2. The van der Waals surface area contributed by atoms with Crippen LogP contribution in [0.2, 0.25) is 0 Å². The number of piperidine rings is 2. The molecule has 3 heterocycles. The average Bonchev–Trinajstić information content (AvgIpc) is 2.70. The number of fused-ring (bicyclic) bond motifs is 1. The molecule has 152 valence electrons. The van der Waals surface area contributed by atoms with Gasteiger partial charge in [-0.1, -0.05) is 6.07 Å². The standard InChI is InChI=1S/C22H31N3O3/c26-20(27)16-24-14-10-22(11-15-24)9-3-12-25(21(22)28)13-8-18-7-6-17-4-1-2-5-19(17)23-18/h6-7H,1-5,8-16H2,(H,26,27). The molecule has 28 heavy (non-hydrogen) atoms. The summed E-state index contributed by atoms with van der Waals surface area (Å²) in [4.78, 5) is 33.1. The molecule has 1 amide bonds. The van der Waals surface area contributed by atoms with E-state index in [4.69, 9.17) is 10.1 Å². The topological polar surface area (TPSA) is 73.7 Å². The molecule has 2 aliphatic heterocycles. The number of amides is 1. The van der Waals surface area contributed by atoms with Crippen molar-refractivity contribution in [2.24, 2.45) is 5.41 Å². The van der Waals surface area contributed by atoms with Gasteiger partial charge in [0.05, 0.1) is 12.0 Å². The third kappa shape index (κ3) is 4.07. The van der Waals surface area contributed by atoms with Crippen molar-refractivity contribution in [3.8, 4) is 0 Å². The molecule has 1 aromatic heterocycles. The van der Waals surface area contributed by atoms with Crippen LogP contribution >= 0.6 is 0 Å². The Morgan fingerprint density at radius 1 is 1.07 bits per heavy atom. The minimum atomic E-state index is -0.787.